The molecule has 2 fully saturated rings. The van der Waals surface area contributed by atoms with Crippen LogP contribution in [0.5, 0.6) is 0 Å². The summed E-state index contributed by atoms with van der Waals surface area (Å²) in [6.45, 7) is 3.50. The van der Waals surface area contributed by atoms with Gasteiger partial charge in [0.15, 0.2) is 5.11 Å². The zero-order chi connectivity index (χ0) is 17.9. The maximum atomic E-state index is 12.5. The lowest BCUT2D eigenvalue weighted by Crippen LogP contribution is -2.43. The van der Waals surface area contributed by atoms with E-state index in [0.29, 0.717) is 35.1 Å². The van der Waals surface area contributed by atoms with Crippen molar-refractivity contribution in [2.75, 3.05) is 18.4 Å². The average Bonchev–Trinajstić information content (AvgIpc) is 3.13. The first-order valence-electron chi connectivity index (χ1n) is 9.14. The Kier molecular flexibility index (Phi) is 5.96. The van der Waals surface area contributed by atoms with Gasteiger partial charge < -0.3 is 10.6 Å². The summed E-state index contributed by atoms with van der Waals surface area (Å²) in [7, 11) is -3.36. The third kappa shape index (κ3) is 4.51. The molecule has 0 aromatic heterocycles. The first-order chi connectivity index (χ1) is 12.0. The van der Waals surface area contributed by atoms with E-state index >= 15 is 0 Å². The number of nitrogens with one attached hydrogen (secondary N) is 2. The Balaban J connectivity index is 1.59. The summed E-state index contributed by atoms with van der Waals surface area (Å²) < 4.78 is 26.6. The zero-order valence-corrected chi connectivity index (χ0v) is 16.3. The molecule has 0 radical (unpaired) electrons. The molecule has 25 heavy (non-hydrogen) atoms. The van der Waals surface area contributed by atoms with Crippen LogP contribution in [0.3, 0.4) is 0 Å². The van der Waals surface area contributed by atoms with Gasteiger partial charge in [0, 0.05) is 24.8 Å². The van der Waals surface area contributed by atoms with Crippen molar-refractivity contribution in [1.82, 2.24) is 9.62 Å². The number of sulfonamides is 1. The van der Waals surface area contributed by atoms with E-state index in [2.05, 4.69) is 17.6 Å². The summed E-state index contributed by atoms with van der Waals surface area (Å²) in [5, 5.41) is 7.18. The highest BCUT2D eigenvalue weighted by molar-refractivity contribution is 7.89. The van der Waals surface area contributed by atoms with Crippen LogP contribution in [0.2, 0.25) is 0 Å². The monoisotopic (exact) mass is 381 g/mol. The van der Waals surface area contributed by atoms with Crippen molar-refractivity contribution in [3.05, 3.63) is 24.3 Å². The van der Waals surface area contributed by atoms with Gasteiger partial charge in [-0.3, -0.25) is 0 Å². The maximum Gasteiger partial charge on any atom is 0.243 e. The van der Waals surface area contributed by atoms with Gasteiger partial charge in [-0.1, -0.05) is 19.8 Å². The Morgan fingerprint density at radius 3 is 2.36 bits per heavy atom. The lowest BCUT2D eigenvalue weighted by molar-refractivity contribution is 0.309. The molecule has 0 bridgehead atoms. The fraction of sp³-hybridized carbons (Fsp3) is 0.611. The van der Waals surface area contributed by atoms with E-state index in [1.165, 1.54) is 19.3 Å². The molecular weight excluding hydrogens is 354 g/mol. The first-order valence-corrected chi connectivity index (χ1v) is 11.0. The van der Waals surface area contributed by atoms with Crippen molar-refractivity contribution < 1.29 is 8.42 Å². The number of thiocarbonyl (C=S) groups is 1. The number of hydrogen-bond donors (Lipinski definition) is 2. The standard InChI is InChI=1S/C18H27N3O2S2/c1-14-6-2-3-7-17(14)20-18(24)19-15-8-10-16(11-9-15)25(22,23)21-12-4-5-13-21/h8-11,14,17H,2-7,12-13H2,1H3,(H2,19,20,24)/t14-,17-/m0/s1. The molecule has 1 heterocycles. The van der Waals surface area contributed by atoms with Crippen LogP contribution in [-0.2, 0) is 10.0 Å². The van der Waals surface area contributed by atoms with Crippen LogP contribution in [0, 0.1) is 5.92 Å². The first kappa shape index (κ1) is 18.6. The number of hydrogen-bond acceptors (Lipinski definition) is 3. The van der Waals surface area contributed by atoms with Gasteiger partial charge in [0.1, 0.15) is 0 Å². The average molecular weight is 382 g/mol. The van der Waals surface area contributed by atoms with Crippen LogP contribution in [0.15, 0.2) is 29.2 Å². The van der Waals surface area contributed by atoms with Crippen LogP contribution < -0.4 is 10.6 Å². The van der Waals surface area contributed by atoms with E-state index in [1.807, 2.05) is 0 Å². The molecular formula is C18H27N3O2S2. The zero-order valence-electron chi connectivity index (χ0n) is 14.7. The molecule has 2 N–H and O–H groups in total. The predicted octanol–water partition coefficient (Wildman–Crippen LogP) is 3.34. The minimum atomic E-state index is -3.36. The third-order valence-electron chi connectivity index (χ3n) is 5.24. The Labute approximate surface area is 156 Å². The molecule has 0 spiro atoms. The lowest BCUT2D eigenvalue weighted by atomic mass is 9.86. The second-order valence-corrected chi connectivity index (χ2v) is 9.45. The van der Waals surface area contributed by atoms with Gasteiger partial charge in [-0.05, 0) is 68.1 Å². The van der Waals surface area contributed by atoms with Gasteiger partial charge in [0.25, 0.3) is 0 Å². The quantitative estimate of drug-likeness (QED) is 0.784. The van der Waals surface area contributed by atoms with E-state index in [1.54, 1.807) is 28.6 Å². The molecule has 1 aromatic carbocycles. The van der Waals surface area contributed by atoms with Gasteiger partial charge in [0.05, 0.1) is 4.90 Å². The normalized spacial score (nSPS) is 24.8. The number of nitrogens with zero attached hydrogens (tertiary/aromatic N) is 1. The molecule has 1 aromatic rings. The van der Waals surface area contributed by atoms with Crippen molar-refractivity contribution in [3.8, 4) is 0 Å². The highest BCUT2D eigenvalue weighted by Gasteiger charge is 2.27. The molecule has 138 valence electrons. The van der Waals surface area contributed by atoms with Crippen LogP contribution in [-0.4, -0.2) is 37.0 Å². The number of benzene rings is 1. The van der Waals surface area contributed by atoms with E-state index in [-0.39, 0.29) is 0 Å². The summed E-state index contributed by atoms with van der Waals surface area (Å²) in [6.07, 6.45) is 6.82. The van der Waals surface area contributed by atoms with E-state index in [9.17, 15) is 8.42 Å². The summed E-state index contributed by atoms with van der Waals surface area (Å²) >= 11 is 5.41. The Hall–Kier alpha value is -1.18. The fourth-order valence-electron chi connectivity index (χ4n) is 3.65. The molecule has 1 saturated carbocycles. The molecule has 0 unspecified atom stereocenters. The van der Waals surface area contributed by atoms with E-state index in [4.69, 9.17) is 12.2 Å². The SMILES string of the molecule is C[C@H]1CCCC[C@@H]1NC(=S)Nc1ccc(S(=O)(=O)N2CCCC2)cc1. The third-order valence-corrected chi connectivity index (χ3v) is 7.38. The highest BCUT2D eigenvalue weighted by atomic mass is 32.2. The Bertz CT molecular complexity index is 698. The Morgan fingerprint density at radius 1 is 1.08 bits per heavy atom. The van der Waals surface area contributed by atoms with Crippen molar-refractivity contribution in [2.24, 2.45) is 5.92 Å². The molecule has 1 aliphatic heterocycles. The molecule has 5 nitrogen and oxygen atoms in total. The number of anilines is 1. The number of rotatable bonds is 4. The molecule has 7 heteroatoms. The van der Waals surface area contributed by atoms with Gasteiger partial charge in [-0.25, -0.2) is 8.42 Å². The van der Waals surface area contributed by atoms with Crippen LogP contribution in [0.4, 0.5) is 5.69 Å². The Morgan fingerprint density at radius 2 is 1.72 bits per heavy atom. The summed E-state index contributed by atoms with van der Waals surface area (Å²) in [5.41, 5.74) is 0.807. The molecule has 2 atom stereocenters. The highest BCUT2D eigenvalue weighted by Crippen LogP contribution is 2.24. The predicted molar refractivity (Wildman–Crippen MR) is 105 cm³/mol. The van der Waals surface area contributed by atoms with Gasteiger partial charge in [-0.15, -0.1) is 0 Å². The molecule has 1 saturated heterocycles. The molecule has 1 aliphatic carbocycles. The summed E-state index contributed by atoms with van der Waals surface area (Å²) in [5.74, 6) is 0.626. The van der Waals surface area contributed by atoms with Crippen LogP contribution >= 0.6 is 12.2 Å². The van der Waals surface area contributed by atoms with Crippen molar-refractivity contribution >= 4 is 33.0 Å². The smallest absolute Gasteiger partial charge is 0.243 e. The maximum absolute atomic E-state index is 12.5. The minimum absolute atomic E-state index is 0.347. The second kappa shape index (κ2) is 8.01. The molecule has 0 amide bonds. The largest absolute Gasteiger partial charge is 0.359 e. The molecule has 3 rings (SSSR count). The topological polar surface area (TPSA) is 61.4 Å². The second-order valence-electron chi connectivity index (χ2n) is 7.10. The van der Waals surface area contributed by atoms with Crippen molar-refractivity contribution in [1.29, 1.82) is 0 Å². The summed E-state index contributed by atoms with van der Waals surface area (Å²) in [6, 6.07) is 7.29. The fourth-order valence-corrected chi connectivity index (χ4v) is 5.44. The van der Waals surface area contributed by atoms with Gasteiger partial charge in [0.2, 0.25) is 10.0 Å². The van der Waals surface area contributed by atoms with Gasteiger partial charge in [-0.2, -0.15) is 4.31 Å². The van der Waals surface area contributed by atoms with Crippen molar-refractivity contribution in [3.63, 3.8) is 0 Å². The van der Waals surface area contributed by atoms with Crippen molar-refractivity contribution in [2.45, 2.75) is 56.4 Å². The van der Waals surface area contributed by atoms with Crippen LogP contribution in [0.25, 0.3) is 0 Å². The minimum Gasteiger partial charge on any atom is -0.359 e. The molecule has 2 aliphatic rings. The summed E-state index contributed by atoms with van der Waals surface area (Å²) in [4.78, 5) is 0.347. The van der Waals surface area contributed by atoms with Crippen LogP contribution in [0.1, 0.15) is 45.4 Å². The van der Waals surface area contributed by atoms with E-state index < -0.39 is 10.0 Å². The van der Waals surface area contributed by atoms with Gasteiger partial charge >= 0.3 is 0 Å². The lowest BCUT2D eigenvalue weighted by Gasteiger charge is -2.30. The van der Waals surface area contributed by atoms with E-state index in [0.717, 1.165) is 24.9 Å².